The molecular formula is C17H18N8O3S. The number of rotatable bonds is 7. The number of hydrogen-bond donors (Lipinski definition) is 5. The smallest absolute Gasteiger partial charge is 0.271 e. The molecule has 1 amide bonds. The standard InChI is InChI=1S/C17H18N8O3S/c1-11-4-6-13(7-5-11)29(27,28)25-23-16-14(18)15(20-10-21-16)22-24-17(26)12-3-2-8-19-9-12/h2-10,25H,18H2,1H3,(H,24,26)(H2,20,21,22,23). The fourth-order valence-corrected chi connectivity index (χ4v) is 3.02. The number of nitrogens with zero attached hydrogens (tertiary/aromatic N) is 3. The molecule has 0 unspecified atom stereocenters. The molecule has 0 radical (unpaired) electrons. The minimum Gasteiger partial charge on any atom is -0.393 e. The van der Waals surface area contributed by atoms with Crippen LogP contribution in [0.2, 0.25) is 0 Å². The molecule has 12 heteroatoms. The highest BCUT2D eigenvalue weighted by Crippen LogP contribution is 2.21. The van der Waals surface area contributed by atoms with Crippen molar-refractivity contribution < 1.29 is 13.2 Å². The summed E-state index contributed by atoms with van der Waals surface area (Å²) in [6.45, 7) is 1.85. The number of pyridine rings is 1. The summed E-state index contributed by atoms with van der Waals surface area (Å²) in [5.41, 5.74) is 14.6. The van der Waals surface area contributed by atoms with E-state index in [1.807, 2.05) is 6.92 Å². The van der Waals surface area contributed by atoms with E-state index >= 15 is 0 Å². The largest absolute Gasteiger partial charge is 0.393 e. The minimum atomic E-state index is -3.84. The van der Waals surface area contributed by atoms with Gasteiger partial charge in [-0.25, -0.2) is 18.4 Å². The topological polar surface area (TPSA) is 164 Å². The van der Waals surface area contributed by atoms with E-state index in [4.69, 9.17) is 5.73 Å². The van der Waals surface area contributed by atoms with E-state index in [2.05, 4.69) is 36.1 Å². The van der Waals surface area contributed by atoms with Crippen molar-refractivity contribution in [2.45, 2.75) is 11.8 Å². The Labute approximate surface area is 166 Å². The summed E-state index contributed by atoms with van der Waals surface area (Å²) in [6.07, 6.45) is 4.09. The lowest BCUT2D eigenvalue weighted by Gasteiger charge is -2.14. The van der Waals surface area contributed by atoms with Gasteiger partial charge in [-0.05, 0) is 31.2 Å². The minimum absolute atomic E-state index is 0.00816. The van der Waals surface area contributed by atoms with Gasteiger partial charge >= 0.3 is 0 Å². The number of anilines is 3. The average molecular weight is 414 g/mol. The predicted octanol–water partition coefficient (Wildman–Crippen LogP) is 0.825. The van der Waals surface area contributed by atoms with Gasteiger partial charge in [-0.1, -0.05) is 17.7 Å². The fourth-order valence-electron chi connectivity index (χ4n) is 2.17. The van der Waals surface area contributed by atoms with Crippen molar-refractivity contribution >= 4 is 33.3 Å². The number of hydrazine groups is 2. The van der Waals surface area contributed by atoms with Crippen molar-refractivity contribution in [2.75, 3.05) is 16.6 Å². The number of sulfonamides is 1. The van der Waals surface area contributed by atoms with Crippen LogP contribution in [0.1, 0.15) is 15.9 Å². The Morgan fingerprint density at radius 3 is 2.38 bits per heavy atom. The van der Waals surface area contributed by atoms with Gasteiger partial charge in [0.2, 0.25) is 0 Å². The maximum absolute atomic E-state index is 12.3. The second-order valence-corrected chi connectivity index (χ2v) is 7.53. The molecule has 29 heavy (non-hydrogen) atoms. The molecule has 0 saturated carbocycles. The van der Waals surface area contributed by atoms with E-state index in [9.17, 15) is 13.2 Å². The monoisotopic (exact) mass is 414 g/mol. The Morgan fingerprint density at radius 2 is 1.72 bits per heavy atom. The van der Waals surface area contributed by atoms with E-state index in [1.165, 1.54) is 18.3 Å². The highest BCUT2D eigenvalue weighted by atomic mass is 32.2. The zero-order valence-electron chi connectivity index (χ0n) is 15.2. The maximum Gasteiger partial charge on any atom is 0.271 e. The summed E-state index contributed by atoms with van der Waals surface area (Å²) < 4.78 is 24.7. The molecule has 0 aliphatic carbocycles. The lowest BCUT2D eigenvalue weighted by atomic mass is 10.2. The van der Waals surface area contributed by atoms with E-state index in [0.717, 1.165) is 11.9 Å². The molecule has 11 nitrogen and oxygen atoms in total. The molecule has 0 aliphatic rings. The molecule has 0 fully saturated rings. The molecule has 0 aliphatic heterocycles. The van der Waals surface area contributed by atoms with Crippen molar-refractivity contribution in [1.82, 2.24) is 25.2 Å². The summed E-state index contributed by atoms with van der Waals surface area (Å²) in [7, 11) is -3.84. The molecule has 0 bridgehead atoms. The molecule has 150 valence electrons. The van der Waals surface area contributed by atoms with Crippen LogP contribution >= 0.6 is 0 Å². The molecule has 2 heterocycles. The van der Waals surface area contributed by atoms with Crippen LogP contribution in [0.4, 0.5) is 17.3 Å². The Kier molecular flexibility index (Phi) is 5.85. The van der Waals surface area contributed by atoms with Gasteiger partial charge in [0.1, 0.15) is 12.0 Å². The third-order valence-electron chi connectivity index (χ3n) is 3.74. The number of aryl methyl sites for hydroxylation is 1. The molecule has 2 aromatic heterocycles. The second-order valence-electron chi connectivity index (χ2n) is 5.85. The number of nitrogen functional groups attached to an aromatic ring is 1. The van der Waals surface area contributed by atoms with Gasteiger partial charge in [-0.3, -0.25) is 26.1 Å². The molecule has 6 N–H and O–H groups in total. The zero-order chi connectivity index (χ0) is 20.9. The third kappa shape index (κ3) is 4.94. The molecule has 3 rings (SSSR count). The van der Waals surface area contributed by atoms with E-state index in [0.29, 0.717) is 5.56 Å². The van der Waals surface area contributed by atoms with Crippen molar-refractivity contribution in [1.29, 1.82) is 0 Å². The Bertz CT molecular complexity index is 1110. The van der Waals surface area contributed by atoms with Crippen molar-refractivity contribution in [3.63, 3.8) is 0 Å². The lowest BCUT2D eigenvalue weighted by molar-refractivity contribution is 0.0962. The summed E-state index contributed by atoms with van der Waals surface area (Å²) in [5.74, 6) is -0.367. The van der Waals surface area contributed by atoms with Crippen LogP contribution in [0.15, 0.2) is 60.0 Å². The van der Waals surface area contributed by atoms with Crippen LogP contribution in [-0.2, 0) is 10.0 Å². The Morgan fingerprint density at radius 1 is 1.03 bits per heavy atom. The van der Waals surface area contributed by atoms with Crippen molar-refractivity contribution in [3.8, 4) is 0 Å². The van der Waals surface area contributed by atoms with Crippen LogP contribution in [0.3, 0.4) is 0 Å². The van der Waals surface area contributed by atoms with Crippen molar-refractivity contribution in [3.05, 3.63) is 66.2 Å². The van der Waals surface area contributed by atoms with Gasteiger partial charge in [0.05, 0.1) is 10.5 Å². The normalized spacial score (nSPS) is 10.9. The Hall–Kier alpha value is -3.77. The van der Waals surface area contributed by atoms with Crippen LogP contribution in [0.5, 0.6) is 0 Å². The SMILES string of the molecule is Cc1ccc(S(=O)(=O)NNc2ncnc(NNC(=O)c3cccnc3)c2N)cc1. The summed E-state index contributed by atoms with van der Waals surface area (Å²) >= 11 is 0. The number of carbonyl (C=O) groups excluding carboxylic acids is 1. The van der Waals surface area contributed by atoms with Crippen LogP contribution in [0.25, 0.3) is 0 Å². The molecule has 0 spiro atoms. The average Bonchev–Trinajstić information content (AvgIpc) is 2.73. The van der Waals surface area contributed by atoms with E-state index < -0.39 is 15.9 Å². The van der Waals surface area contributed by atoms with Gasteiger partial charge < -0.3 is 5.73 Å². The van der Waals surface area contributed by atoms with E-state index in [1.54, 1.807) is 30.5 Å². The molecule has 0 saturated heterocycles. The lowest BCUT2D eigenvalue weighted by Crippen LogP contribution is -2.32. The van der Waals surface area contributed by atoms with Gasteiger partial charge in [-0.15, -0.1) is 4.83 Å². The molecule has 1 aromatic carbocycles. The second kappa shape index (κ2) is 8.50. The third-order valence-corrected chi connectivity index (χ3v) is 5.00. The number of aromatic nitrogens is 3. The summed E-state index contributed by atoms with van der Waals surface area (Å²) in [5, 5.41) is 0. The quantitative estimate of drug-likeness (QED) is 0.352. The molecule has 0 atom stereocenters. The first-order chi connectivity index (χ1) is 13.9. The number of nitrogens with two attached hydrogens (primary N) is 1. The first kappa shape index (κ1) is 20.0. The summed E-state index contributed by atoms with van der Waals surface area (Å²) in [6, 6.07) is 9.52. The maximum atomic E-state index is 12.3. The van der Waals surface area contributed by atoms with Gasteiger partial charge in [0.15, 0.2) is 11.6 Å². The van der Waals surface area contributed by atoms with Crippen molar-refractivity contribution in [2.24, 2.45) is 0 Å². The number of benzene rings is 1. The number of amides is 1. The van der Waals surface area contributed by atoms with E-state index in [-0.39, 0.29) is 22.2 Å². The van der Waals surface area contributed by atoms with Crippen LogP contribution in [0, 0.1) is 6.92 Å². The Balaban J connectivity index is 1.67. The number of hydrogen-bond acceptors (Lipinski definition) is 9. The van der Waals surface area contributed by atoms with Gasteiger partial charge in [-0.2, -0.15) is 0 Å². The first-order valence-electron chi connectivity index (χ1n) is 8.28. The number of carbonyl (C=O) groups is 1. The zero-order valence-corrected chi connectivity index (χ0v) is 16.1. The molecular weight excluding hydrogens is 396 g/mol. The van der Waals surface area contributed by atoms with Gasteiger partial charge in [0.25, 0.3) is 15.9 Å². The highest BCUT2D eigenvalue weighted by molar-refractivity contribution is 7.89. The summed E-state index contributed by atoms with van der Waals surface area (Å²) in [4.78, 5) is 26.0. The van der Waals surface area contributed by atoms with Gasteiger partial charge in [0, 0.05) is 12.4 Å². The van der Waals surface area contributed by atoms with Crippen LogP contribution in [-0.4, -0.2) is 29.3 Å². The predicted molar refractivity (Wildman–Crippen MR) is 107 cm³/mol. The molecule has 3 aromatic rings. The van der Waals surface area contributed by atoms with Crippen LogP contribution < -0.4 is 26.8 Å². The first-order valence-corrected chi connectivity index (χ1v) is 9.76. The fraction of sp³-hybridized carbons (Fsp3) is 0.0588. The number of nitrogens with one attached hydrogen (secondary N) is 4. The highest BCUT2D eigenvalue weighted by Gasteiger charge is 2.16.